The number of nitrogens with zero attached hydrogens (tertiary/aromatic N) is 1. The molecule has 4 rings (SSSR count). The third-order valence-corrected chi connectivity index (χ3v) is 5.38. The molecule has 0 fully saturated rings. The lowest BCUT2D eigenvalue weighted by Crippen LogP contribution is -2.06. The summed E-state index contributed by atoms with van der Waals surface area (Å²) in [5.74, 6) is 0. The minimum absolute atomic E-state index is 0.264. The average Bonchev–Trinajstić information content (AvgIpc) is 2.87. The van der Waals surface area contributed by atoms with E-state index >= 15 is 0 Å². The quantitative estimate of drug-likeness (QED) is 0.326. The van der Waals surface area contributed by atoms with Crippen molar-refractivity contribution in [3.8, 4) is 0 Å². The number of hydrogen-bond acceptors (Lipinski definition) is 0. The summed E-state index contributed by atoms with van der Waals surface area (Å²) < 4.78 is 4.64. The van der Waals surface area contributed by atoms with E-state index in [2.05, 4.69) is 110 Å². The molecular weight excluding hydrogens is 414 g/mol. The van der Waals surface area contributed by atoms with E-state index in [4.69, 9.17) is 0 Å². The first-order valence-electron chi connectivity index (χ1n) is 7.59. The van der Waals surface area contributed by atoms with Crippen LogP contribution in [-0.2, 0) is 0 Å². The van der Waals surface area contributed by atoms with Crippen molar-refractivity contribution in [2.45, 2.75) is 13.0 Å². The molecule has 0 aliphatic carbocycles. The molecule has 1 aromatic heterocycles. The molecule has 0 saturated heterocycles. The highest BCUT2D eigenvalue weighted by atomic mass is 79.9. The maximum Gasteiger partial charge on any atom is 0.0563 e. The highest BCUT2D eigenvalue weighted by Crippen LogP contribution is 2.36. The van der Waals surface area contributed by atoms with Gasteiger partial charge < -0.3 is 4.57 Å². The second-order valence-corrected chi connectivity index (χ2v) is 7.61. The second kappa shape index (κ2) is 5.81. The Kier molecular flexibility index (Phi) is 3.78. The number of aromatic nitrogens is 1. The van der Waals surface area contributed by atoms with Gasteiger partial charge >= 0.3 is 0 Å². The zero-order chi connectivity index (χ0) is 16.0. The molecule has 3 heteroatoms. The molecule has 1 nitrogen and oxygen atoms in total. The van der Waals surface area contributed by atoms with Crippen molar-refractivity contribution < 1.29 is 0 Å². The SMILES string of the molecule is CC(c1ccccc1)n1c2cc(Br)ccc2c2ccc(Br)cc21. The summed E-state index contributed by atoms with van der Waals surface area (Å²) in [5, 5.41) is 2.58. The van der Waals surface area contributed by atoms with E-state index in [1.54, 1.807) is 0 Å². The smallest absolute Gasteiger partial charge is 0.0563 e. The maximum atomic E-state index is 3.62. The first-order valence-corrected chi connectivity index (χ1v) is 9.17. The summed E-state index contributed by atoms with van der Waals surface area (Å²) in [5.41, 5.74) is 3.82. The molecule has 1 unspecified atom stereocenters. The molecule has 0 saturated carbocycles. The van der Waals surface area contributed by atoms with E-state index in [0.29, 0.717) is 0 Å². The Hall–Kier alpha value is -1.58. The Morgan fingerprint density at radius 3 is 1.78 bits per heavy atom. The van der Waals surface area contributed by atoms with Crippen LogP contribution in [0.15, 0.2) is 75.7 Å². The van der Waals surface area contributed by atoms with Crippen LogP contribution in [0.3, 0.4) is 0 Å². The van der Waals surface area contributed by atoms with E-state index in [-0.39, 0.29) is 6.04 Å². The van der Waals surface area contributed by atoms with Crippen molar-refractivity contribution in [1.29, 1.82) is 0 Å². The van der Waals surface area contributed by atoms with E-state index < -0.39 is 0 Å². The number of fused-ring (bicyclic) bond motifs is 3. The van der Waals surface area contributed by atoms with Crippen molar-refractivity contribution >= 4 is 53.7 Å². The first-order chi connectivity index (χ1) is 11.1. The van der Waals surface area contributed by atoms with Gasteiger partial charge in [0.25, 0.3) is 0 Å². The van der Waals surface area contributed by atoms with Gasteiger partial charge in [-0.15, -0.1) is 0 Å². The monoisotopic (exact) mass is 427 g/mol. The molecule has 0 aliphatic heterocycles. The van der Waals surface area contributed by atoms with Gasteiger partial charge in [0, 0.05) is 19.7 Å². The molecule has 1 atom stereocenters. The van der Waals surface area contributed by atoms with Crippen LogP contribution in [0, 0.1) is 0 Å². The third kappa shape index (κ3) is 2.52. The molecule has 0 amide bonds. The van der Waals surface area contributed by atoms with Crippen LogP contribution < -0.4 is 0 Å². The van der Waals surface area contributed by atoms with Crippen molar-refractivity contribution in [3.63, 3.8) is 0 Å². The molecule has 0 bridgehead atoms. The molecule has 0 spiro atoms. The second-order valence-electron chi connectivity index (χ2n) is 5.78. The van der Waals surface area contributed by atoms with Crippen LogP contribution >= 0.6 is 31.9 Å². The Morgan fingerprint density at radius 1 is 0.739 bits per heavy atom. The van der Waals surface area contributed by atoms with Crippen LogP contribution in [-0.4, -0.2) is 4.57 Å². The molecule has 0 aliphatic rings. The summed E-state index contributed by atoms with van der Waals surface area (Å²) >= 11 is 7.24. The van der Waals surface area contributed by atoms with Crippen LogP contribution in [0.25, 0.3) is 21.8 Å². The van der Waals surface area contributed by atoms with E-state index in [1.165, 1.54) is 27.4 Å². The molecule has 114 valence electrons. The molecule has 0 radical (unpaired) electrons. The van der Waals surface area contributed by atoms with Gasteiger partial charge in [0.1, 0.15) is 0 Å². The fourth-order valence-electron chi connectivity index (χ4n) is 3.29. The van der Waals surface area contributed by atoms with Gasteiger partial charge in [-0.2, -0.15) is 0 Å². The van der Waals surface area contributed by atoms with Gasteiger partial charge in [0.15, 0.2) is 0 Å². The Morgan fingerprint density at radius 2 is 1.26 bits per heavy atom. The lowest BCUT2D eigenvalue weighted by molar-refractivity contribution is 0.685. The normalized spacial score (nSPS) is 12.8. The molecule has 23 heavy (non-hydrogen) atoms. The molecular formula is C20H15Br2N. The van der Waals surface area contributed by atoms with Crippen molar-refractivity contribution in [2.75, 3.05) is 0 Å². The third-order valence-electron chi connectivity index (χ3n) is 4.40. The average molecular weight is 429 g/mol. The lowest BCUT2D eigenvalue weighted by Gasteiger charge is -2.17. The molecule has 0 N–H and O–H groups in total. The van der Waals surface area contributed by atoms with Gasteiger partial charge in [-0.25, -0.2) is 0 Å². The number of hydrogen-bond donors (Lipinski definition) is 0. The summed E-state index contributed by atoms with van der Waals surface area (Å²) in [4.78, 5) is 0. The van der Waals surface area contributed by atoms with E-state index in [9.17, 15) is 0 Å². The van der Waals surface area contributed by atoms with Gasteiger partial charge in [0.05, 0.1) is 17.1 Å². The zero-order valence-electron chi connectivity index (χ0n) is 12.6. The topological polar surface area (TPSA) is 4.93 Å². The fourth-order valence-corrected chi connectivity index (χ4v) is 3.99. The Labute approximate surface area is 152 Å². The summed E-state index contributed by atoms with van der Waals surface area (Å²) in [6.07, 6.45) is 0. The number of rotatable bonds is 2. The van der Waals surface area contributed by atoms with Gasteiger partial charge in [-0.05, 0) is 36.8 Å². The minimum atomic E-state index is 0.264. The predicted molar refractivity (Wildman–Crippen MR) is 105 cm³/mol. The molecule has 3 aromatic carbocycles. The molecule has 1 heterocycles. The highest BCUT2D eigenvalue weighted by molar-refractivity contribution is 9.10. The number of benzene rings is 3. The Bertz CT molecular complexity index is 943. The molecule has 4 aromatic rings. The number of halogens is 2. The first kappa shape index (κ1) is 15.0. The fraction of sp³-hybridized carbons (Fsp3) is 0.100. The van der Waals surface area contributed by atoms with Crippen LogP contribution in [0.2, 0.25) is 0 Å². The minimum Gasteiger partial charge on any atom is -0.333 e. The van der Waals surface area contributed by atoms with Crippen LogP contribution in [0.4, 0.5) is 0 Å². The largest absolute Gasteiger partial charge is 0.333 e. The van der Waals surface area contributed by atoms with Crippen molar-refractivity contribution in [1.82, 2.24) is 4.57 Å². The van der Waals surface area contributed by atoms with Crippen molar-refractivity contribution in [2.24, 2.45) is 0 Å². The predicted octanol–water partition coefficient (Wildman–Crippen LogP) is 6.93. The Balaban J connectivity index is 2.09. The summed E-state index contributed by atoms with van der Waals surface area (Å²) in [7, 11) is 0. The maximum absolute atomic E-state index is 3.62. The zero-order valence-corrected chi connectivity index (χ0v) is 15.8. The summed E-state index contributed by atoms with van der Waals surface area (Å²) in [6.45, 7) is 2.26. The van der Waals surface area contributed by atoms with Crippen LogP contribution in [0.5, 0.6) is 0 Å². The van der Waals surface area contributed by atoms with E-state index in [1.807, 2.05) is 0 Å². The standard InChI is InChI=1S/C20H15Br2N/c1-13(14-5-3-2-4-6-14)23-19-11-15(21)7-9-17(19)18-10-8-16(22)12-20(18)23/h2-13H,1H3. The van der Waals surface area contributed by atoms with Gasteiger partial charge in [-0.1, -0.05) is 74.3 Å². The lowest BCUT2D eigenvalue weighted by atomic mass is 10.1. The van der Waals surface area contributed by atoms with Gasteiger partial charge in [-0.3, -0.25) is 0 Å². The van der Waals surface area contributed by atoms with E-state index in [0.717, 1.165) is 8.95 Å². The highest BCUT2D eigenvalue weighted by Gasteiger charge is 2.16. The van der Waals surface area contributed by atoms with Crippen LogP contribution in [0.1, 0.15) is 18.5 Å². The summed E-state index contributed by atoms with van der Waals surface area (Å²) in [6, 6.07) is 24.0. The van der Waals surface area contributed by atoms with Crippen molar-refractivity contribution in [3.05, 3.63) is 81.2 Å². The van der Waals surface area contributed by atoms with Gasteiger partial charge in [0.2, 0.25) is 0 Å².